The fraction of sp³-hybridized carbons (Fsp3) is 0.417. The van der Waals surface area contributed by atoms with Crippen LogP contribution in [0.1, 0.15) is 30.7 Å². The van der Waals surface area contributed by atoms with Crippen LogP contribution in [-0.2, 0) is 0 Å². The van der Waals surface area contributed by atoms with Crippen LogP contribution < -0.4 is 5.73 Å². The fourth-order valence-electron chi connectivity index (χ4n) is 1.69. The Balaban J connectivity index is 2.29. The molecule has 0 bridgehead atoms. The van der Waals surface area contributed by atoms with Crippen molar-refractivity contribution in [2.45, 2.75) is 25.7 Å². The maximum atomic E-state index is 6.13. The van der Waals surface area contributed by atoms with Crippen LogP contribution in [0.5, 0.6) is 0 Å². The van der Waals surface area contributed by atoms with E-state index in [1.54, 1.807) is 11.3 Å². The van der Waals surface area contributed by atoms with E-state index in [0.29, 0.717) is 5.92 Å². The molecule has 1 atom stereocenters. The second-order valence-corrected chi connectivity index (χ2v) is 5.41. The molecule has 1 unspecified atom stereocenters. The number of fused-ring (bicyclic) bond motifs is 1. The molecule has 0 spiro atoms. The van der Waals surface area contributed by atoms with Gasteiger partial charge in [0, 0.05) is 5.92 Å². The number of nitrogens with zero attached hydrogens (tertiary/aromatic N) is 1. The molecule has 0 aliphatic heterocycles. The molecule has 2 aromatic rings. The van der Waals surface area contributed by atoms with Crippen molar-refractivity contribution in [2.24, 2.45) is 5.73 Å². The highest BCUT2D eigenvalue weighted by Gasteiger charge is 2.12. The summed E-state index contributed by atoms with van der Waals surface area (Å²) in [5.41, 5.74) is 6.52. The van der Waals surface area contributed by atoms with Crippen molar-refractivity contribution >= 4 is 33.2 Å². The Hall–Kier alpha value is -0.640. The minimum absolute atomic E-state index is 0.469. The van der Waals surface area contributed by atoms with Gasteiger partial charge in [-0.15, -0.1) is 11.3 Å². The van der Waals surface area contributed by atoms with Gasteiger partial charge in [-0.1, -0.05) is 24.6 Å². The monoisotopic (exact) mass is 254 g/mol. The molecule has 2 rings (SSSR count). The lowest BCUT2D eigenvalue weighted by atomic mass is 10.1. The summed E-state index contributed by atoms with van der Waals surface area (Å²) in [7, 11) is 0. The van der Waals surface area contributed by atoms with Crippen molar-refractivity contribution in [3.63, 3.8) is 0 Å². The van der Waals surface area contributed by atoms with E-state index in [2.05, 4.69) is 11.9 Å². The average molecular weight is 255 g/mol. The number of thiazole rings is 1. The Bertz CT molecular complexity index is 481. The van der Waals surface area contributed by atoms with Crippen LogP contribution in [0.3, 0.4) is 0 Å². The molecule has 0 saturated heterocycles. The molecule has 0 amide bonds. The molecule has 0 radical (unpaired) electrons. The summed E-state index contributed by atoms with van der Waals surface area (Å²) in [6.45, 7) is 2.94. The zero-order chi connectivity index (χ0) is 11.5. The number of hydrogen-bond acceptors (Lipinski definition) is 3. The molecular weight excluding hydrogens is 240 g/mol. The Morgan fingerprint density at radius 1 is 1.50 bits per heavy atom. The molecule has 0 aliphatic carbocycles. The van der Waals surface area contributed by atoms with Gasteiger partial charge in [-0.3, -0.25) is 0 Å². The molecule has 16 heavy (non-hydrogen) atoms. The summed E-state index contributed by atoms with van der Waals surface area (Å²) >= 11 is 7.83. The van der Waals surface area contributed by atoms with Crippen LogP contribution in [-0.4, -0.2) is 11.5 Å². The van der Waals surface area contributed by atoms with Crippen LogP contribution in [0.2, 0.25) is 5.02 Å². The zero-order valence-electron chi connectivity index (χ0n) is 9.24. The van der Waals surface area contributed by atoms with Crippen LogP contribution in [0.25, 0.3) is 10.2 Å². The lowest BCUT2D eigenvalue weighted by molar-refractivity contribution is 0.638. The summed E-state index contributed by atoms with van der Waals surface area (Å²) in [5.74, 6) is 0.469. The van der Waals surface area contributed by atoms with E-state index in [-0.39, 0.29) is 0 Å². The molecule has 0 saturated carbocycles. The molecule has 1 aromatic carbocycles. The van der Waals surface area contributed by atoms with Gasteiger partial charge >= 0.3 is 0 Å². The van der Waals surface area contributed by atoms with E-state index < -0.39 is 0 Å². The van der Waals surface area contributed by atoms with Crippen molar-refractivity contribution in [1.29, 1.82) is 0 Å². The van der Waals surface area contributed by atoms with Crippen molar-refractivity contribution in [1.82, 2.24) is 4.98 Å². The first-order chi connectivity index (χ1) is 7.72. The van der Waals surface area contributed by atoms with Gasteiger partial charge in [0.05, 0.1) is 20.2 Å². The van der Waals surface area contributed by atoms with Gasteiger partial charge in [0.25, 0.3) is 0 Å². The van der Waals surface area contributed by atoms with E-state index in [4.69, 9.17) is 17.3 Å². The molecule has 4 heteroatoms. The number of rotatable bonds is 4. The number of halogens is 1. The van der Waals surface area contributed by atoms with Gasteiger partial charge in [-0.2, -0.15) is 0 Å². The van der Waals surface area contributed by atoms with E-state index >= 15 is 0 Å². The highest BCUT2D eigenvalue weighted by atomic mass is 35.5. The van der Waals surface area contributed by atoms with Crippen LogP contribution in [0.4, 0.5) is 0 Å². The van der Waals surface area contributed by atoms with Gasteiger partial charge in [-0.25, -0.2) is 4.98 Å². The maximum Gasteiger partial charge on any atom is 0.0967 e. The Morgan fingerprint density at radius 3 is 3.00 bits per heavy atom. The summed E-state index contributed by atoms with van der Waals surface area (Å²) < 4.78 is 1.10. The quantitative estimate of drug-likeness (QED) is 0.902. The second-order valence-electron chi connectivity index (χ2n) is 3.97. The minimum atomic E-state index is 0.469. The van der Waals surface area contributed by atoms with Crippen molar-refractivity contribution in [2.75, 3.05) is 6.54 Å². The Labute approximate surface area is 104 Å². The normalized spacial score (nSPS) is 13.2. The predicted molar refractivity (Wildman–Crippen MR) is 71.3 cm³/mol. The van der Waals surface area contributed by atoms with Crippen molar-refractivity contribution in [3.8, 4) is 0 Å². The van der Waals surface area contributed by atoms with Crippen LogP contribution in [0, 0.1) is 0 Å². The van der Waals surface area contributed by atoms with Gasteiger partial charge in [-0.05, 0) is 31.5 Å². The standard InChI is InChI=1S/C12H15ClN2S/c1-8(4-3-7-14)12-15-10-6-2-5-9(13)11(10)16-12/h2,5-6,8H,3-4,7,14H2,1H3. The number of nitrogens with two attached hydrogens (primary N) is 1. The molecule has 1 heterocycles. The third-order valence-corrected chi connectivity index (χ3v) is 4.41. The predicted octanol–water partition coefficient (Wildman–Crippen LogP) is 3.79. The van der Waals surface area contributed by atoms with Crippen molar-refractivity contribution in [3.05, 3.63) is 28.2 Å². The topological polar surface area (TPSA) is 38.9 Å². The number of hydrogen-bond donors (Lipinski definition) is 1. The molecule has 0 aliphatic rings. The van der Waals surface area contributed by atoms with E-state index in [1.165, 1.54) is 0 Å². The molecule has 2 N–H and O–H groups in total. The first-order valence-electron chi connectivity index (χ1n) is 5.47. The van der Waals surface area contributed by atoms with Gasteiger partial charge < -0.3 is 5.73 Å². The smallest absolute Gasteiger partial charge is 0.0967 e. The molecule has 1 aromatic heterocycles. The number of benzene rings is 1. The third kappa shape index (κ3) is 2.37. The summed E-state index contributed by atoms with van der Waals surface area (Å²) in [6, 6.07) is 5.87. The molecule has 86 valence electrons. The molecule has 2 nitrogen and oxygen atoms in total. The van der Waals surface area contributed by atoms with E-state index in [1.807, 2.05) is 18.2 Å². The lowest BCUT2D eigenvalue weighted by Crippen LogP contribution is -2.01. The fourth-order valence-corrected chi connectivity index (χ4v) is 3.03. The highest BCUT2D eigenvalue weighted by molar-refractivity contribution is 7.19. The van der Waals surface area contributed by atoms with Crippen LogP contribution in [0.15, 0.2) is 18.2 Å². The van der Waals surface area contributed by atoms with Crippen LogP contribution >= 0.6 is 22.9 Å². The molecule has 0 fully saturated rings. The van der Waals surface area contributed by atoms with Gasteiger partial charge in [0.1, 0.15) is 0 Å². The zero-order valence-corrected chi connectivity index (χ0v) is 10.8. The summed E-state index contributed by atoms with van der Waals surface area (Å²) in [5, 5.41) is 1.96. The average Bonchev–Trinajstić information content (AvgIpc) is 2.71. The summed E-state index contributed by atoms with van der Waals surface area (Å²) in [6.07, 6.45) is 2.14. The third-order valence-electron chi connectivity index (χ3n) is 2.65. The van der Waals surface area contributed by atoms with E-state index in [0.717, 1.165) is 39.6 Å². The SMILES string of the molecule is CC(CCCN)c1nc2cccc(Cl)c2s1. The lowest BCUT2D eigenvalue weighted by Gasteiger charge is -2.05. The first kappa shape index (κ1) is 11.8. The van der Waals surface area contributed by atoms with E-state index in [9.17, 15) is 0 Å². The highest BCUT2D eigenvalue weighted by Crippen LogP contribution is 2.33. The largest absolute Gasteiger partial charge is 0.330 e. The minimum Gasteiger partial charge on any atom is -0.330 e. The van der Waals surface area contributed by atoms with Gasteiger partial charge in [0.2, 0.25) is 0 Å². The second kappa shape index (κ2) is 5.13. The summed E-state index contributed by atoms with van der Waals surface area (Å²) in [4.78, 5) is 4.62. The Morgan fingerprint density at radius 2 is 2.31 bits per heavy atom. The molecular formula is C12H15ClN2S. The van der Waals surface area contributed by atoms with Gasteiger partial charge in [0.15, 0.2) is 0 Å². The Kier molecular flexibility index (Phi) is 3.79. The number of aromatic nitrogens is 1. The maximum absolute atomic E-state index is 6.13. The first-order valence-corrected chi connectivity index (χ1v) is 6.67. The van der Waals surface area contributed by atoms with Crippen molar-refractivity contribution < 1.29 is 0 Å².